The van der Waals surface area contributed by atoms with Gasteiger partial charge < -0.3 is 13.6 Å². The molecule has 0 fully saturated rings. The largest absolute Gasteiger partial charge is 0.574 e. The summed E-state index contributed by atoms with van der Waals surface area (Å²) in [5, 5.41) is 0. The quantitative estimate of drug-likeness (QED) is 0.553. The minimum Gasteiger partial charge on any atom is -0.387 e. The zero-order valence-corrected chi connectivity index (χ0v) is 6.18. The summed E-state index contributed by atoms with van der Waals surface area (Å²) in [6.45, 7) is 2.56. The van der Waals surface area contributed by atoms with Crippen LogP contribution in [0.25, 0.3) is 0 Å². The Bertz CT molecular complexity index is 50.5. The highest BCUT2D eigenvalue weighted by atomic mass is 28.3. The Morgan fingerprint density at radius 2 is 2.25 bits per heavy atom. The summed E-state index contributed by atoms with van der Waals surface area (Å²) in [4.78, 5) is 8.65. The Morgan fingerprint density at radius 3 is 2.62 bits per heavy atom. The zero-order chi connectivity index (χ0) is 6.41. The van der Waals surface area contributed by atoms with Crippen LogP contribution in [0.4, 0.5) is 0 Å². The Kier molecular flexibility index (Phi) is 5.30. The van der Waals surface area contributed by atoms with Crippen LogP contribution in [0, 0.1) is 0 Å². The van der Waals surface area contributed by atoms with Crippen LogP contribution in [0.3, 0.4) is 0 Å². The van der Waals surface area contributed by atoms with Gasteiger partial charge in [0.1, 0.15) is 0 Å². The first kappa shape index (κ1) is 8.10. The average Bonchev–Trinajstić information content (AvgIpc) is 1.83. The highest BCUT2D eigenvalue weighted by Gasteiger charge is 2.07. The van der Waals surface area contributed by atoms with Crippen LogP contribution in [-0.2, 0) is 8.85 Å². The van der Waals surface area contributed by atoms with Gasteiger partial charge in [0, 0.05) is 13.7 Å². The summed E-state index contributed by atoms with van der Waals surface area (Å²) < 4.78 is 9.26. The van der Waals surface area contributed by atoms with Crippen molar-refractivity contribution in [1.29, 1.82) is 0 Å². The van der Waals surface area contributed by atoms with Crippen molar-refractivity contribution < 1.29 is 13.6 Å². The van der Waals surface area contributed by atoms with E-state index in [1.165, 1.54) is 7.11 Å². The van der Waals surface area contributed by atoms with Crippen molar-refractivity contribution in [2.45, 2.75) is 13.3 Å². The van der Waals surface area contributed by atoms with Crippen LogP contribution >= 0.6 is 0 Å². The SMILES string of the molecule is CCCO[Si](O)OC. The standard InChI is InChI=1S/C4H11O3Si/c1-3-4-7-8(5)6-2/h5H,3-4H2,1-2H3. The molecule has 0 rings (SSSR count). The molecular formula is C4H11O3Si. The smallest absolute Gasteiger partial charge is 0.387 e. The third-order valence-corrected chi connectivity index (χ3v) is 1.40. The van der Waals surface area contributed by atoms with Crippen LogP contribution in [0.5, 0.6) is 0 Å². The fourth-order valence-electron chi connectivity index (χ4n) is 0.248. The molecule has 8 heavy (non-hydrogen) atoms. The second kappa shape index (κ2) is 5.24. The summed E-state index contributed by atoms with van der Waals surface area (Å²) in [6, 6.07) is 0. The molecule has 1 N–H and O–H groups in total. The van der Waals surface area contributed by atoms with Crippen molar-refractivity contribution in [3.05, 3.63) is 0 Å². The van der Waals surface area contributed by atoms with Crippen molar-refractivity contribution in [3.8, 4) is 0 Å². The zero-order valence-electron chi connectivity index (χ0n) is 5.18. The minimum absolute atomic E-state index is 0.582. The number of hydrogen-bond acceptors (Lipinski definition) is 3. The lowest BCUT2D eigenvalue weighted by Crippen LogP contribution is -2.20. The molecule has 4 heteroatoms. The topological polar surface area (TPSA) is 38.7 Å². The summed E-state index contributed by atoms with van der Waals surface area (Å²) in [6.07, 6.45) is 0.915. The molecule has 49 valence electrons. The van der Waals surface area contributed by atoms with E-state index in [1.807, 2.05) is 6.92 Å². The summed E-state index contributed by atoms with van der Waals surface area (Å²) in [5.41, 5.74) is 0. The van der Waals surface area contributed by atoms with Gasteiger partial charge in [-0.15, -0.1) is 0 Å². The molecule has 0 unspecified atom stereocenters. The Morgan fingerprint density at radius 1 is 1.62 bits per heavy atom. The Labute approximate surface area is 51.2 Å². The second-order valence-corrected chi connectivity index (χ2v) is 2.55. The van der Waals surface area contributed by atoms with Crippen molar-refractivity contribution in [2.24, 2.45) is 0 Å². The maximum absolute atomic E-state index is 8.65. The minimum atomic E-state index is -1.89. The van der Waals surface area contributed by atoms with Gasteiger partial charge >= 0.3 is 9.53 Å². The first-order chi connectivity index (χ1) is 3.81. The van der Waals surface area contributed by atoms with Crippen molar-refractivity contribution in [2.75, 3.05) is 13.7 Å². The summed E-state index contributed by atoms with van der Waals surface area (Å²) in [5.74, 6) is 0. The predicted octanol–water partition coefficient (Wildman–Crippen LogP) is 0.0366. The van der Waals surface area contributed by atoms with Crippen LogP contribution in [0.15, 0.2) is 0 Å². The first-order valence-corrected chi connectivity index (χ1v) is 3.80. The van der Waals surface area contributed by atoms with E-state index < -0.39 is 9.53 Å². The molecule has 0 aromatic rings. The fourth-order valence-corrected chi connectivity index (χ4v) is 0.745. The van der Waals surface area contributed by atoms with Gasteiger partial charge in [-0.05, 0) is 6.42 Å². The van der Waals surface area contributed by atoms with Gasteiger partial charge in [0.2, 0.25) is 0 Å². The fraction of sp³-hybridized carbons (Fsp3) is 1.00. The average molecular weight is 135 g/mol. The second-order valence-electron chi connectivity index (χ2n) is 1.32. The molecule has 0 aliphatic carbocycles. The molecule has 0 spiro atoms. The molecule has 3 nitrogen and oxygen atoms in total. The number of hydrogen-bond donors (Lipinski definition) is 1. The Balaban J connectivity index is 2.86. The van der Waals surface area contributed by atoms with Gasteiger partial charge in [0.05, 0.1) is 0 Å². The normalized spacial score (nSPS) is 10.5. The van der Waals surface area contributed by atoms with Gasteiger partial charge in [-0.25, -0.2) is 0 Å². The van der Waals surface area contributed by atoms with Gasteiger partial charge in [-0.3, -0.25) is 0 Å². The molecule has 0 saturated carbocycles. The van der Waals surface area contributed by atoms with Gasteiger partial charge in [-0.2, -0.15) is 0 Å². The molecule has 0 heterocycles. The van der Waals surface area contributed by atoms with Crippen LogP contribution in [-0.4, -0.2) is 28.0 Å². The first-order valence-electron chi connectivity index (χ1n) is 2.54. The van der Waals surface area contributed by atoms with Crippen molar-refractivity contribution in [3.63, 3.8) is 0 Å². The van der Waals surface area contributed by atoms with E-state index in [9.17, 15) is 0 Å². The van der Waals surface area contributed by atoms with Crippen molar-refractivity contribution in [1.82, 2.24) is 0 Å². The highest BCUT2D eigenvalue weighted by molar-refractivity contribution is 6.34. The van der Waals surface area contributed by atoms with Crippen LogP contribution in [0.1, 0.15) is 13.3 Å². The van der Waals surface area contributed by atoms with E-state index >= 15 is 0 Å². The lowest BCUT2D eigenvalue weighted by atomic mass is 10.5. The van der Waals surface area contributed by atoms with E-state index in [4.69, 9.17) is 9.22 Å². The Hall–Kier alpha value is 0.0969. The number of rotatable bonds is 4. The predicted molar refractivity (Wildman–Crippen MR) is 31.2 cm³/mol. The summed E-state index contributed by atoms with van der Waals surface area (Å²) >= 11 is 0. The summed E-state index contributed by atoms with van der Waals surface area (Å²) in [7, 11) is -0.457. The van der Waals surface area contributed by atoms with E-state index in [0.717, 1.165) is 6.42 Å². The molecular weight excluding hydrogens is 124 g/mol. The molecule has 0 atom stereocenters. The molecule has 1 radical (unpaired) electrons. The maximum Gasteiger partial charge on any atom is 0.574 e. The van der Waals surface area contributed by atoms with Crippen LogP contribution < -0.4 is 0 Å². The van der Waals surface area contributed by atoms with E-state index in [1.54, 1.807) is 0 Å². The van der Waals surface area contributed by atoms with E-state index in [-0.39, 0.29) is 0 Å². The monoisotopic (exact) mass is 135 g/mol. The molecule has 0 amide bonds. The molecule has 0 saturated heterocycles. The lowest BCUT2D eigenvalue weighted by molar-refractivity contribution is 0.159. The molecule has 0 bridgehead atoms. The van der Waals surface area contributed by atoms with E-state index in [2.05, 4.69) is 4.43 Å². The molecule has 0 aliphatic heterocycles. The van der Waals surface area contributed by atoms with Crippen molar-refractivity contribution >= 4 is 9.53 Å². The molecule has 0 aliphatic rings. The van der Waals surface area contributed by atoms with Gasteiger partial charge in [0.25, 0.3) is 0 Å². The lowest BCUT2D eigenvalue weighted by Gasteiger charge is -2.01. The van der Waals surface area contributed by atoms with Gasteiger partial charge in [0.15, 0.2) is 0 Å². The third kappa shape index (κ3) is 4.26. The maximum atomic E-state index is 8.65. The molecule has 0 aromatic carbocycles. The van der Waals surface area contributed by atoms with Crippen LogP contribution in [0.2, 0.25) is 0 Å². The highest BCUT2D eigenvalue weighted by Crippen LogP contribution is 1.83. The van der Waals surface area contributed by atoms with E-state index in [0.29, 0.717) is 6.61 Å². The third-order valence-electron chi connectivity index (χ3n) is 0.604. The molecule has 0 aromatic heterocycles. The van der Waals surface area contributed by atoms with Gasteiger partial charge in [-0.1, -0.05) is 6.92 Å².